The quantitative estimate of drug-likeness (QED) is 0.911. The molecule has 1 saturated heterocycles. The normalized spacial score (nSPS) is 29.3. The second-order valence-corrected chi connectivity index (χ2v) is 7.78. The third kappa shape index (κ3) is 2.51. The number of halogens is 1. The molecule has 1 N–H and O–H groups in total. The Labute approximate surface area is 148 Å². The molecule has 1 aliphatic heterocycles. The van der Waals surface area contributed by atoms with Crippen LogP contribution in [0.2, 0.25) is 0 Å². The molecule has 0 unspecified atom stereocenters. The average Bonchev–Trinajstić information content (AvgIpc) is 3.43. The average molecular weight is 347 g/mol. The van der Waals surface area contributed by atoms with Gasteiger partial charge in [0.15, 0.2) is 0 Å². The molecule has 0 aromatic heterocycles. The van der Waals surface area contributed by atoms with E-state index in [1.807, 2.05) is 11.8 Å². The summed E-state index contributed by atoms with van der Waals surface area (Å²) in [5, 5.41) is 10.3. The van der Waals surface area contributed by atoms with Crippen molar-refractivity contribution < 1.29 is 19.0 Å². The zero-order chi connectivity index (χ0) is 17.7. The number of benzene rings is 1. The van der Waals surface area contributed by atoms with Gasteiger partial charge >= 0.3 is 0 Å². The SMILES string of the molecule is CCO[C@H]1C[C@@H](O)C12CCN(C(=O)C1(c3ccccc3F)CC1)CC2. The van der Waals surface area contributed by atoms with Gasteiger partial charge in [-0.15, -0.1) is 0 Å². The summed E-state index contributed by atoms with van der Waals surface area (Å²) < 4.78 is 20.0. The number of hydrogen-bond acceptors (Lipinski definition) is 3. The van der Waals surface area contributed by atoms with Crippen molar-refractivity contribution in [3.63, 3.8) is 0 Å². The lowest BCUT2D eigenvalue weighted by molar-refractivity contribution is -0.210. The summed E-state index contributed by atoms with van der Waals surface area (Å²) >= 11 is 0. The first-order valence-electron chi connectivity index (χ1n) is 9.37. The first-order chi connectivity index (χ1) is 12.0. The molecule has 2 aliphatic carbocycles. The zero-order valence-corrected chi connectivity index (χ0v) is 14.7. The molecule has 1 heterocycles. The van der Waals surface area contributed by atoms with E-state index in [0.29, 0.717) is 31.7 Å². The highest BCUT2D eigenvalue weighted by molar-refractivity contribution is 5.91. The second-order valence-electron chi connectivity index (χ2n) is 7.78. The van der Waals surface area contributed by atoms with E-state index in [1.54, 1.807) is 18.2 Å². The van der Waals surface area contributed by atoms with Gasteiger partial charge in [0, 0.05) is 37.1 Å². The van der Waals surface area contributed by atoms with Crippen LogP contribution < -0.4 is 0 Å². The van der Waals surface area contributed by atoms with Gasteiger partial charge in [0.2, 0.25) is 5.91 Å². The highest BCUT2D eigenvalue weighted by atomic mass is 19.1. The molecule has 5 heteroatoms. The fourth-order valence-electron chi connectivity index (χ4n) is 4.82. The van der Waals surface area contributed by atoms with Crippen molar-refractivity contribution in [1.29, 1.82) is 0 Å². The Morgan fingerprint density at radius 3 is 2.52 bits per heavy atom. The van der Waals surface area contributed by atoms with Crippen LogP contribution in [0.4, 0.5) is 4.39 Å². The predicted molar refractivity (Wildman–Crippen MR) is 91.6 cm³/mol. The van der Waals surface area contributed by atoms with E-state index in [9.17, 15) is 14.3 Å². The molecule has 1 spiro atoms. The van der Waals surface area contributed by atoms with Crippen LogP contribution >= 0.6 is 0 Å². The van der Waals surface area contributed by atoms with Crippen molar-refractivity contribution in [3.05, 3.63) is 35.6 Å². The Morgan fingerprint density at radius 2 is 1.96 bits per heavy atom. The van der Waals surface area contributed by atoms with Crippen molar-refractivity contribution in [2.45, 2.75) is 56.7 Å². The van der Waals surface area contributed by atoms with Crippen molar-refractivity contribution in [2.75, 3.05) is 19.7 Å². The van der Waals surface area contributed by atoms with E-state index in [4.69, 9.17) is 4.74 Å². The molecular formula is C20H26FNO3. The number of aliphatic hydroxyl groups excluding tert-OH is 1. The number of ether oxygens (including phenoxy) is 1. The molecule has 2 saturated carbocycles. The van der Waals surface area contributed by atoms with E-state index < -0.39 is 5.41 Å². The second kappa shape index (κ2) is 6.06. The number of likely N-dealkylation sites (tertiary alicyclic amines) is 1. The number of rotatable bonds is 4. The van der Waals surface area contributed by atoms with Gasteiger partial charge in [0.05, 0.1) is 17.6 Å². The number of nitrogens with zero attached hydrogens (tertiary/aromatic N) is 1. The van der Waals surface area contributed by atoms with Crippen LogP contribution in [0.5, 0.6) is 0 Å². The van der Waals surface area contributed by atoms with Gasteiger partial charge in [-0.3, -0.25) is 4.79 Å². The Hall–Kier alpha value is -1.46. The minimum Gasteiger partial charge on any atom is -0.392 e. The van der Waals surface area contributed by atoms with Crippen LogP contribution in [0, 0.1) is 11.2 Å². The highest BCUT2D eigenvalue weighted by Crippen LogP contribution is 2.54. The molecule has 3 fully saturated rings. The molecule has 1 amide bonds. The van der Waals surface area contributed by atoms with Crippen molar-refractivity contribution in [2.24, 2.45) is 5.41 Å². The van der Waals surface area contributed by atoms with Crippen molar-refractivity contribution in [3.8, 4) is 0 Å². The molecular weight excluding hydrogens is 321 g/mol. The van der Waals surface area contributed by atoms with Crippen molar-refractivity contribution >= 4 is 5.91 Å². The summed E-state index contributed by atoms with van der Waals surface area (Å²) in [4.78, 5) is 15.0. The van der Waals surface area contributed by atoms with Gasteiger partial charge in [-0.05, 0) is 38.7 Å². The summed E-state index contributed by atoms with van der Waals surface area (Å²) in [7, 11) is 0. The third-order valence-electron chi connectivity index (χ3n) is 6.64. The predicted octanol–water partition coefficient (Wildman–Crippen LogP) is 2.64. The highest BCUT2D eigenvalue weighted by Gasteiger charge is 2.59. The van der Waals surface area contributed by atoms with Crippen LogP contribution in [0.15, 0.2) is 24.3 Å². The standard InChI is InChI=1S/C20H26FNO3/c1-2-25-17-13-16(23)20(17)9-11-22(12-10-20)18(24)19(7-8-19)14-5-3-4-6-15(14)21/h3-6,16-17,23H,2,7-13H2,1H3/t16-,17+/m1/s1. The summed E-state index contributed by atoms with van der Waals surface area (Å²) in [6.07, 6.45) is 3.43. The molecule has 4 rings (SSSR count). The first kappa shape index (κ1) is 17.0. The number of carbonyl (C=O) groups excluding carboxylic acids is 1. The van der Waals surface area contributed by atoms with E-state index >= 15 is 0 Å². The molecule has 3 aliphatic rings. The topological polar surface area (TPSA) is 49.8 Å². The Kier molecular flexibility index (Phi) is 4.12. The van der Waals surface area contributed by atoms with E-state index in [1.165, 1.54) is 6.07 Å². The maximum Gasteiger partial charge on any atom is 0.233 e. The molecule has 25 heavy (non-hydrogen) atoms. The molecule has 1 aromatic rings. The van der Waals surface area contributed by atoms with E-state index in [-0.39, 0.29) is 29.3 Å². The first-order valence-corrected chi connectivity index (χ1v) is 9.37. The Bertz CT molecular complexity index is 663. The van der Waals surface area contributed by atoms with Gasteiger partial charge in [0.25, 0.3) is 0 Å². The molecule has 0 radical (unpaired) electrons. The number of carbonyl (C=O) groups is 1. The minimum absolute atomic E-state index is 0.0502. The van der Waals surface area contributed by atoms with Gasteiger partial charge in [-0.25, -0.2) is 4.39 Å². The maximum atomic E-state index is 14.2. The summed E-state index contributed by atoms with van der Waals surface area (Å²) in [5.41, 5.74) is -0.314. The number of amides is 1. The number of piperidine rings is 1. The third-order valence-corrected chi connectivity index (χ3v) is 6.64. The maximum absolute atomic E-state index is 14.2. The lowest BCUT2D eigenvalue weighted by Gasteiger charge is -2.56. The summed E-state index contributed by atoms with van der Waals surface area (Å²) in [6, 6.07) is 6.64. The molecule has 136 valence electrons. The Balaban J connectivity index is 1.46. The molecule has 2 atom stereocenters. The van der Waals surface area contributed by atoms with Crippen LogP contribution in [0.25, 0.3) is 0 Å². The fraction of sp³-hybridized carbons (Fsp3) is 0.650. The summed E-state index contributed by atoms with van der Waals surface area (Å²) in [5.74, 6) is -0.234. The van der Waals surface area contributed by atoms with Crippen molar-refractivity contribution in [1.82, 2.24) is 4.90 Å². The lowest BCUT2D eigenvalue weighted by Crippen LogP contribution is -2.63. The lowest BCUT2D eigenvalue weighted by atomic mass is 9.58. The molecule has 4 nitrogen and oxygen atoms in total. The van der Waals surface area contributed by atoms with Gasteiger partial charge in [0.1, 0.15) is 5.82 Å². The smallest absolute Gasteiger partial charge is 0.233 e. The van der Waals surface area contributed by atoms with Gasteiger partial charge in [-0.1, -0.05) is 18.2 Å². The van der Waals surface area contributed by atoms with E-state index in [2.05, 4.69) is 0 Å². The van der Waals surface area contributed by atoms with Crippen LogP contribution in [0.1, 0.15) is 44.6 Å². The fourth-order valence-corrected chi connectivity index (χ4v) is 4.82. The minimum atomic E-state index is -0.659. The van der Waals surface area contributed by atoms with E-state index in [0.717, 1.165) is 25.7 Å². The molecule has 1 aromatic carbocycles. The largest absolute Gasteiger partial charge is 0.392 e. The van der Waals surface area contributed by atoms with Gasteiger partial charge in [-0.2, -0.15) is 0 Å². The summed E-state index contributed by atoms with van der Waals surface area (Å²) in [6.45, 7) is 3.87. The van der Waals surface area contributed by atoms with Crippen LogP contribution in [0.3, 0.4) is 0 Å². The zero-order valence-electron chi connectivity index (χ0n) is 14.7. The van der Waals surface area contributed by atoms with Crippen LogP contribution in [-0.2, 0) is 14.9 Å². The van der Waals surface area contributed by atoms with Crippen LogP contribution in [-0.4, -0.2) is 47.8 Å². The monoisotopic (exact) mass is 347 g/mol. The molecule has 0 bridgehead atoms. The number of aliphatic hydroxyl groups is 1. The van der Waals surface area contributed by atoms with Gasteiger partial charge < -0.3 is 14.7 Å². The Morgan fingerprint density at radius 1 is 1.28 bits per heavy atom. The number of hydrogen-bond donors (Lipinski definition) is 1.